The molecule has 1 aromatic rings. The quantitative estimate of drug-likeness (QED) is 0.779. The molecule has 1 N–H and O–H groups in total. The molecule has 1 aliphatic heterocycles. The summed E-state index contributed by atoms with van der Waals surface area (Å²) in [5, 5.41) is 3.32. The first-order valence-corrected chi connectivity index (χ1v) is 4.71. The lowest BCUT2D eigenvalue weighted by Gasteiger charge is -2.31. The predicted octanol–water partition coefficient (Wildman–Crippen LogP) is 0.836. The van der Waals surface area contributed by atoms with Crippen molar-refractivity contribution in [3.05, 3.63) is 18.2 Å². The number of rotatable bonds is 1. The van der Waals surface area contributed by atoms with E-state index in [-0.39, 0.29) is 12.4 Å². The van der Waals surface area contributed by atoms with Gasteiger partial charge in [-0.1, -0.05) is 0 Å². The summed E-state index contributed by atoms with van der Waals surface area (Å²) in [6.45, 7) is 4.76. The summed E-state index contributed by atoms with van der Waals surface area (Å²) in [7, 11) is 0. The number of anilines is 1. The maximum Gasteiger partial charge on any atom is 0.225 e. The number of nitrogens with zero attached hydrogens (tertiary/aromatic N) is 3. The van der Waals surface area contributed by atoms with Gasteiger partial charge in [-0.3, -0.25) is 0 Å². The maximum absolute atomic E-state index is 12.6. The van der Waals surface area contributed by atoms with Gasteiger partial charge >= 0.3 is 0 Å². The zero-order valence-corrected chi connectivity index (χ0v) is 9.30. The van der Waals surface area contributed by atoms with E-state index in [1.807, 2.05) is 0 Å². The number of hydrogen-bond donors (Lipinski definition) is 1. The number of aromatic nitrogens is 2. The SMILES string of the molecule is C[C@H]1CN(c2ncc(F)cn2)CCN1.Cl. The topological polar surface area (TPSA) is 41.1 Å². The zero-order chi connectivity index (χ0) is 9.97. The van der Waals surface area contributed by atoms with Gasteiger partial charge in [-0.25, -0.2) is 14.4 Å². The average molecular weight is 233 g/mol. The summed E-state index contributed by atoms with van der Waals surface area (Å²) in [5.41, 5.74) is 0. The molecule has 4 nitrogen and oxygen atoms in total. The van der Waals surface area contributed by atoms with Crippen LogP contribution in [0.5, 0.6) is 0 Å². The monoisotopic (exact) mass is 232 g/mol. The summed E-state index contributed by atoms with van der Waals surface area (Å²) in [6.07, 6.45) is 2.41. The molecule has 1 atom stereocenters. The second-order valence-corrected chi connectivity index (χ2v) is 3.50. The van der Waals surface area contributed by atoms with Gasteiger partial charge in [0.15, 0.2) is 5.82 Å². The molecule has 1 aromatic heterocycles. The summed E-state index contributed by atoms with van der Waals surface area (Å²) in [4.78, 5) is 9.95. The van der Waals surface area contributed by atoms with E-state index in [0.717, 1.165) is 19.6 Å². The fourth-order valence-electron chi connectivity index (χ4n) is 1.58. The molecule has 2 rings (SSSR count). The lowest BCUT2D eigenvalue weighted by molar-refractivity contribution is 0.478. The molecule has 15 heavy (non-hydrogen) atoms. The average Bonchev–Trinajstić information content (AvgIpc) is 2.19. The minimum atomic E-state index is -0.392. The summed E-state index contributed by atoms with van der Waals surface area (Å²) in [5.74, 6) is 0.219. The van der Waals surface area contributed by atoms with Gasteiger partial charge in [0.25, 0.3) is 0 Å². The van der Waals surface area contributed by atoms with Crippen molar-refractivity contribution in [2.24, 2.45) is 0 Å². The van der Waals surface area contributed by atoms with Gasteiger partial charge in [-0.05, 0) is 6.92 Å². The third-order valence-corrected chi connectivity index (χ3v) is 2.26. The molecular formula is C9H14ClFN4. The minimum absolute atomic E-state index is 0. The largest absolute Gasteiger partial charge is 0.338 e. The molecule has 2 heterocycles. The van der Waals surface area contributed by atoms with E-state index in [9.17, 15) is 4.39 Å². The first-order chi connectivity index (χ1) is 6.75. The first-order valence-electron chi connectivity index (χ1n) is 4.71. The molecule has 6 heteroatoms. The van der Waals surface area contributed by atoms with Crippen LogP contribution in [0.25, 0.3) is 0 Å². The molecule has 1 fully saturated rings. The molecule has 1 saturated heterocycles. The molecule has 0 unspecified atom stereocenters. The van der Waals surface area contributed by atoms with E-state index < -0.39 is 5.82 Å². The Balaban J connectivity index is 0.00000112. The van der Waals surface area contributed by atoms with Crippen LogP contribution in [-0.2, 0) is 0 Å². The van der Waals surface area contributed by atoms with Crippen LogP contribution >= 0.6 is 12.4 Å². The van der Waals surface area contributed by atoms with Crippen molar-refractivity contribution in [2.75, 3.05) is 24.5 Å². The number of hydrogen-bond acceptors (Lipinski definition) is 4. The summed E-state index contributed by atoms with van der Waals surface area (Å²) < 4.78 is 12.6. The van der Waals surface area contributed by atoms with Crippen molar-refractivity contribution in [1.29, 1.82) is 0 Å². The van der Waals surface area contributed by atoms with Crippen LogP contribution in [-0.4, -0.2) is 35.6 Å². The summed E-state index contributed by atoms with van der Waals surface area (Å²) in [6, 6.07) is 0.428. The molecule has 1 aliphatic rings. The molecule has 0 aliphatic carbocycles. The molecule has 0 aromatic carbocycles. The standard InChI is InChI=1S/C9H13FN4.ClH/c1-7-6-14(3-2-11-7)9-12-4-8(10)5-13-9;/h4-5,7,11H,2-3,6H2,1H3;1H/t7-;/m0./s1. The Hall–Kier alpha value is -0.940. The third-order valence-electron chi connectivity index (χ3n) is 2.26. The van der Waals surface area contributed by atoms with Crippen LogP contribution in [0, 0.1) is 5.82 Å². The van der Waals surface area contributed by atoms with Gasteiger partial charge in [0.2, 0.25) is 5.95 Å². The van der Waals surface area contributed by atoms with Gasteiger partial charge in [-0.2, -0.15) is 0 Å². The van der Waals surface area contributed by atoms with Crippen LogP contribution in [0.15, 0.2) is 12.4 Å². The zero-order valence-electron chi connectivity index (χ0n) is 8.48. The van der Waals surface area contributed by atoms with Gasteiger partial charge in [0.05, 0.1) is 12.4 Å². The second-order valence-electron chi connectivity index (χ2n) is 3.50. The Morgan fingerprint density at radius 1 is 1.47 bits per heavy atom. The number of halogens is 2. The van der Waals surface area contributed by atoms with Crippen LogP contribution in [0.4, 0.5) is 10.3 Å². The van der Waals surface area contributed by atoms with Crippen molar-refractivity contribution in [3.8, 4) is 0 Å². The van der Waals surface area contributed by atoms with Gasteiger partial charge in [0, 0.05) is 25.7 Å². The van der Waals surface area contributed by atoms with Crippen molar-refractivity contribution in [2.45, 2.75) is 13.0 Å². The minimum Gasteiger partial charge on any atom is -0.338 e. The highest BCUT2D eigenvalue weighted by atomic mass is 35.5. The van der Waals surface area contributed by atoms with E-state index >= 15 is 0 Å². The van der Waals surface area contributed by atoms with Crippen molar-refractivity contribution < 1.29 is 4.39 Å². The van der Waals surface area contributed by atoms with Crippen LogP contribution < -0.4 is 10.2 Å². The molecule has 0 amide bonds. The molecule has 0 bridgehead atoms. The van der Waals surface area contributed by atoms with Gasteiger partial charge in [0.1, 0.15) is 0 Å². The predicted molar refractivity (Wildman–Crippen MR) is 58.9 cm³/mol. The fourth-order valence-corrected chi connectivity index (χ4v) is 1.58. The highest BCUT2D eigenvalue weighted by molar-refractivity contribution is 5.85. The molecule has 0 radical (unpaired) electrons. The Morgan fingerprint density at radius 2 is 2.13 bits per heavy atom. The van der Waals surface area contributed by atoms with E-state index in [0.29, 0.717) is 12.0 Å². The second kappa shape index (κ2) is 5.23. The lowest BCUT2D eigenvalue weighted by atomic mass is 10.2. The smallest absolute Gasteiger partial charge is 0.225 e. The Morgan fingerprint density at radius 3 is 2.73 bits per heavy atom. The molecule has 84 valence electrons. The normalized spacial score (nSPS) is 20.9. The van der Waals surface area contributed by atoms with E-state index in [2.05, 4.69) is 27.1 Å². The summed E-state index contributed by atoms with van der Waals surface area (Å²) >= 11 is 0. The molecular weight excluding hydrogens is 219 g/mol. The Bertz CT molecular complexity index is 305. The third kappa shape index (κ3) is 3.00. The number of piperazine rings is 1. The Labute approximate surface area is 94.3 Å². The van der Waals surface area contributed by atoms with E-state index in [1.165, 1.54) is 12.4 Å². The van der Waals surface area contributed by atoms with Crippen LogP contribution in [0.3, 0.4) is 0 Å². The van der Waals surface area contributed by atoms with Crippen molar-refractivity contribution in [1.82, 2.24) is 15.3 Å². The van der Waals surface area contributed by atoms with Crippen LogP contribution in [0.1, 0.15) is 6.92 Å². The van der Waals surface area contributed by atoms with Gasteiger partial charge in [-0.15, -0.1) is 12.4 Å². The molecule has 0 spiro atoms. The molecule has 0 saturated carbocycles. The highest BCUT2D eigenvalue weighted by Crippen LogP contribution is 2.09. The maximum atomic E-state index is 12.6. The highest BCUT2D eigenvalue weighted by Gasteiger charge is 2.17. The van der Waals surface area contributed by atoms with E-state index in [4.69, 9.17) is 0 Å². The van der Waals surface area contributed by atoms with Crippen molar-refractivity contribution >= 4 is 18.4 Å². The first kappa shape index (κ1) is 12.1. The van der Waals surface area contributed by atoms with E-state index in [1.54, 1.807) is 0 Å². The fraction of sp³-hybridized carbons (Fsp3) is 0.556. The van der Waals surface area contributed by atoms with Crippen LogP contribution in [0.2, 0.25) is 0 Å². The number of nitrogens with one attached hydrogen (secondary N) is 1. The Kier molecular flexibility index (Phi) is 4.23. The lowest BCUT2D eigenvalue weighted by Crippen LogP contribution is -2.49. The van der Waals surface area contributed by atoms with Crippen molar-refractivity contribution in [3.63, 3.8) is 0 Å². The van der Waals surface area contributed by atoms with Gasteiger partial charge < -0.3 is 10.2 Å².